The van der Waals surface area contributed by atoms with Gasteiger partial charge in [0.15, 0.2) is 0 Å². The van der Waals surface area contributed by atoms with Crippen LogP contribution in [0.15, 0.2) is 27.6 Å². The molecule has 0 heterocycles. The van der Waals surface area contributed by atoms with Crippen molar-refractivity contribution in [3.05, 3.63) is 28.2 Å². The van der Waals surface area contributed by atoms with E-state index in [9.17, 15) is 4.79 Å². The van der Waals surface area contributed by atoms with Gasteiger partial charge in [-0.2, -0.15) is 0 Å². The van der Waals surface area contributed by atoms with Crippen LogP contribution in [0.2, 0.25) is 0 Å². The van der Waals surface area contributed by atoms with E-state index in [0.717, 1.165) is 9.37 Å². The van der Waals surface area contributed by atoms with Gasteiger partial charge in [-0.05, 0) is 18.2 Å². The van der Waals surface area contributed by atoms with Gasteiger partial charge in [-0.1, -0.05) is 29.8 Å². The van der Waals surface area contributed by atoms with Crippen LogP contribution in [-0.2, 0) is 0 Å². The molecule has 14 heavy (non-hydrogen) atoms. The maximum Gasteiger partial charge on any atom is 0.336 e. The summed E-state index contributed by atoms with van der Waals surface area (Å²) in [6, 6.07) is 5.32. The van der Waals surface area contributed by atoms with Crippen molar-refractivity contribution in [2.75, 3.05) is 0 Å². The van der Waals surface area contributed by atoms with Crippen LogP contribution in [0, 0.1) is 0 Å². The first-order chi connectivity index (χ1) is 6.50. The predicted molar refractivity (Wildman–Crippen MR) is 62.1 cm³/mol. The zero-order chi connectivity index (χ0) is 10.7. The minimum Gasteiger partial charge on any atom is -0.478 e. The number of carbonyl (C=O) groups is 1. The van der Waals surface area contributed by atoms with Crippen molar-refractivity contribution in [2.45, 2.75) is 24.0 Å². The molecule has 0 unspecified atom stereocenters. The maximum atomic E-state index is 10.9. The zero-order valence-corrected chi connectivity index (χ0v) is 10.4. The monoisotopic (exact) mass is 274 g/mol. The molecule has 0 amide bonds. The normalized spacial score (nSPS) is 10.6. The smallest absolute Gasteiger partial charge is 0.336 e. The van der Waals surface area contributed by atoms with E-state index < -0.39 is 5.97 Å². The standard InChI is InChI=1S/C10H11BrO2S/c1-6(2)14-9-4-3-7(11)5-8(9)10(12)13/h3-6H,1-2H3,(H,12,13). The van der Waals surface area contributed by atoms with E-state index in [0.29, 0.717) is 10.8 Å². The summed E-state index contributed by atoms with van der Waals surface area (Å²) >= 11 is 4.82. The molecule has 0 atom stereocenters. The maximum absolute atomic E-state index is 10.9. The Balaban J connectivity index is 3.08. The fraction of sp³-hybridized carbons (Fsp3) is 0.300. The molecule has 1 rings (SSSR count). The molecule has 0 aliphatic rings. The highest BCUT2D eigenvalue weighted by molar-refractivity contribution is 9.10. The quantitative estimate of drug-likeness (QED) is 0.855. The van der Waals surface area contributed by atoms with Crippen LogP contribution in [0.3, 0.4) is 0 Å². The Morgan fingerprint density at radius 2 is 2.14 bits per heavy atom. The summed E-state index contributed by atoms with van der Waals surface area (Å²) in [5, 5.41) is 9.35. The lowest BCUT2D eigenvalue weighted by Gasteiger charge is -2.08. The fourth-order valence-electron chi connectivity index (χ4n) is 1.03. The lowest BCUT2D eigenvalue weighted by atomic mass is 10.2. The van der Waals surface area contributed by atoms with Crippen molar-refractivity contribution in [3.63, 3.8) is 0 Å². The molecule has 0 aromatic heterocycles. The van der Waals surface area contributed by atoms with E-state index in [1.807, 2.05) is 26.0 Å². The van der Waals surface area contributed by atoms with Crippen LogP contribution in [0.1, 0.15) is 24.2 Å². The Labute approximate surface area is 95.8 Å². The highest BCUT2D eigenvalue weighted by Gasteiger charge is 2.11. The number of hydrogen-bond donors (Lipinski definition) is 1. The van der Waals surface area contributed by atoms with Crippen molar-refractivity contribution >= 4 is 33.7 Å². The molecular weight excluding hydrogens is 264 g/mol. The Morgan fingerprint density at radius 3 is 2.64 bits per heavy atom. The number of rotatable bonds is 3. The second-order valence-electron chi connectivity index (χ2n) is 3.11. The van der Waals surface area contributed by atoms with Crippen LogP contribution in [-0.4, -0.2) is 16.3 Å². The first-order valence-electron chi connectivity index (χ1n) is 4.20. The number of carboxylic acids is 1. The first kappa shape index (κ1) is 11.6. The number of hydrogen-bond acceptors (Lipinski definition) is 2. The van der Waals surface area contributed by atoms with Crippen molar-refractivity contribution in [1.82, 2.24) is 0 Å². The molecule has 0 spiro atoms. The fourth-order valence-corrected chi connectivity index (χ4v) is 2.31. The van der Waals surface area contributed by atoms with Crippen molar-refractivity contribution in [1.29, 1.82) is 0 Å². The summed E-state index contributed by atoms with van der Waals surface area (Å²) in [7, 11) is 0. The number of halogens is 1. The molecule has 0 radical (unpaired) electrons. The van der Waals surface area contributed by atoms with Crippen molar-refractivity contribution in [3.8, 4) is 0 Å². The Hall–Kier alpha value is -0.480. The summed E-state index contributed by atoms with van der Waals surface area (Å²) in [6.07, 6.45) is 0. The van der Waals surface area contributed by atoms with Gasteiger partial charge in [0, 0.05) is 14.6 Å². The minimum atomic E-state index is -0.880. The van der Waals surface area contributed by atoms with E-state index >= 15 is 0 Å². The molecule has 1 aromatic carbocycles. The van der Waals surface area contributed by atoms with Gasteiger partial charge < -0.3 is 5.11 Å². The molecule has 0 saturated heterocycles. The van der Waals surface area contributed by atoms with Gasteiger partial charge in [-0.25, -0.2) is 4.79 Å². The van der Waals surface area contributed by atoms with Gasteiger partial charge in [0.05, 0.1) is 5.56 Å². The van der Waals surface area contributed by atoms with E-state index in [4.69, 9.17) is 5.11 Å². The minimum absolute atomic E-state index is 0.359. The van der Waals surface area contributed by atoms with E-state index in [1.54, 1.807) is 17.8 Å². The van der Waals surface area contributed by atoms with Crippen molar-refractivity contribution in [2.24, 2.45) is 0 Å². The topological polar surface area (TPSA) is 37.3 Å². The number of benzene rings is 1. The third-order valence-corrected chi connectivity index (χ3v) is 3.11. The second-order valence-corrected chi connectivity index (χ2v) is 5.65. The van der Waals surface area contributed by atoms with Crippen LogP contribution in [0.4, 0.5) is 0 Å². The zero-order valence-electron chi connectivity index (χ0n) is 7.95. The third kappa shape index (κ3) is 3.03. The molecule has 2 nitrogen and oxygen atoms in total. The summed E-state index contributed by atoms with van der Waals surface area (Å²) in [4.78, 5) is 11.7. The van der Waals surface area contributed by atoms with Gasteiger partial charge in [-0.3, -0.25) is 0 Å². The molecule has 1 aromatic rings. The van der Waals surface area contributed by atoms with Gasteiger partial charge >= 0.3 is 5.97 Å². The van der Waals surface area contributed by atoms with Crippen LogP contribution >= 0.6 is 27.7 Å². The molecule has 0 aliphatic heterocycles. The van der Waals surface area contributed by atoms with Gasteiger partial charge in [0.1, 0.15) is 0 Å². The summed E-state index contributed by atoms with van der Waals surface area (Å²) in [5.41, 5.74) is 0.359. The summed E-state index contributed by atoms with van der Waals surface area (Å²) in [5.74, 6) is -0.880. The first-order valence-corrected chi connectivity index (χ1v) is 5.87. The lowest BCUT2D eigenvalue weighted by Crippen LogP contribution is -2.00. The molecule has 0 saturated carbocycles. The molecule has 0 fully saturated rings. The molecule has 4 heteroatoms. The third-order valence-electron chi connectivity index (χ3n) is 1.53. The molecule has 0 aliphatic carbocycles. The van der Waals surface area contributed by atoms with Crippen molar-refractivity contribution < 1.29 is 9.90 Å². The van der Waals surface area contributed by atoms with Gasteiger partial charge in [0.2, 0.25) is 0 Å². The second kappa shape index (κ2) is 4.84. The SMILES string of the molecule is CC(C)Sc1ccc(Br)cc1C(=O)O. The number of carboxylic acid groups (broad SMARTS) is 1. The van der Waals surface area contributed by atoms with Gasteiger partial charge in [-0.15, -0.1) is 11.8 Å². The van der Waals surface area contributed by atoms with Gasteiger partial charge in [0.25, 0.3) is 0 Å². The molecule has 1 N–H and O–H groups in total. The van der Waals surface area contributed by atoms with E-state index in [2.05, 4.69) is 15.9 Å². The largest absolute Gasteiger partial charge is 0.478 e. The molecule has 0 bridgehead atoms. The van der Waals surface area contributed by atoms with Crippen LogP contribution < -0.4 is 0 Å². The number of aromatic carboxylic acids is 1. The predicted octanol–water partition coefficient (Wildman–Crippen LogP) is 3.65. The van der Waals surface area contributed by atoms with E-state index in [-0.39, 0.29) is 0 Å². The Bertz CT molecular complexity index is 350. The van der Waals surface area contributed by atoms with Crippen LogP contribution in [0.25, 0.3) is 0 Å². The highest BCUT2D eigenvalue weighted by Crippen LogP contribution is 2.28. The Morgan fingerprint density at radius 1 is 1.50 bits per heavy atom. The number of thioether (sulfide) groups is 1. The lowest BCUT2D eigenvalue weighted by molar-refractivity contribution is 0.0693. The molecular formula is C10H11BrO2S. The Kier molecular flexibility index (Phi) is 4.01. The summed E-state index contributed by atoms with van der Waals surface area (Å²) < 4.78 is 0.794. The highest BCUT2D eigenvalue weighted by atomic mass is 79.9. The average molecular weight is 275 g/mol. The van der Waals surface area contributed by atoms with E-state index in [1.165, 1.54) is 0 Å². The summed E-state index contributed by atoms with van der Waals surface area (Å²) in [6.45, 7) is 4.08. The molecule has 76 valence electrons. The average Bonchev–Trinajstić information content (AvgIpc) is 2.07. The van der Waals surface area contributed by atoms with Crippen LogP contribution in [0.5, 0.6) is 0 Å².